The Bertz CT molecular complexity index is 643. The minimum Gasteiger partial charge on any atom is -0.366 e. The number of hydrogen-bond acceptors (Lipinski definition) is 6. The Kier molecular flexibility index (Phi) is 4.18. The fourth-order valence-electron chi connectivity index (χ4n) is 2.09. The van der Waals surface area contributed by atoms with E-state index in [1.807, 2.05) is 6.92 Å². The van der Waals surface area contributed by atoms with Crippen molar-refractivity contribution in [3.8, 4) is 0 Å². The number of hydrogen-bond donors (Lipinski definition) is 1. The van der Waals surface area contributed by atoms with Gasteiger partial charge in [0.05, 0.1) is 13.2 Å². The van der Waals surface area contributed by atoms with Crippen LogP contribution in [-0.2, 0) is 11.2 Å². The van der Waals surface area contributed by atoms with Crippen LogP contribution in [0.1, 0.15) is 34.5 Å². The van der Waals surface area contributed by atoms with Gasteiger partial charge in [-0.25, -0.2) is 9.97 Å². The molecule has 0 spiro atoms. The Morgan fingerprint density at radius 3 is 3.14 bits per heavy atom. The van der Waals surface area contributed by atoms with Gasteiger partial charge in [0.2, 0.25) is 0 Å². The number of thiazole rings is 1. The summed E-state index contributed by atoms with van der Waals surface area (Å²) in [5.41, 5.74) is 0. The van der Waals surface area contributed by atoms with Crippen molar-refractivity contribution < 1.29 is 9.53 Å². The summed E-state index contributed by atoms with van der Waals surface area (Å²) in [5.74, 6) is 1.26. The number of aromatic amines is 1. The molecule has 3 rings (SSSR count). The number of carbonyl (C=O) groups excluding carboxylic acids is 1. The van der Waals surface area contributed by atoms with Crippen molar-refractivity contribution in [3.05, 3.63) is 27.2 Å². The summed E-state index contributed by atoms with van der Waals surface area (Å²) in [5, 5.41) is 9.39. The van der Waals surface area contributed by atoms with Gasteiger partial charge in [0, 0.05) is 18.3 Å². The van der Waals surface area contributed by atoms with E-state index in [2.05, 4.69) is 20.2 Å². The number of morpholine rings is 1. The molecular weight excluding hydrogens is 314 g/mol. The lowest BCUT2D eigenvalue weighted by Crippen LogP contribution is -2.42. The lowest BCUT2D eigenvalue weighted by molar-refractivity contribution is -0.0266. The maximum atomic E-state index is 12.4. The Hall–Kier alpha value is -1.51. The van der Waals surface area contributed by atoms with E-state index in [0.717, 1.165) is 12.2 Å². The number of aryl methyl sites for hydroxylation is 1. The molecule has 1 N–H and O–H groups in total. The fourth-order valence-corrected chi connectivity index (χ4v) is 3.00. The molecule has 1 amide bonds. The Balaban J connectivity index is 1.72. The number of carbonyl (C=O) groups is 1. The maximum absolute atomic E-state index is 12.4. The van der Waals surface area contributed by atoms with Crippen LogP contribution in [0.5, 0.6) is 0 Å². The highest BCUT2D eigenvalue weighted by Gasteiger charge is 2.29. The Morgan fingerprint density at radius 2 is 2.48 bits per heavy atom. The van der Waals surface area contributed by atoms with Crippen LogP contribution >= 0.6 is 22.9 Å². The van der Waals surface area contributed by atoms with E-state index < -0.39 is 0 Å². The van der Waals surface area contributed by atoms with Crippen LogP contribution < -0.4 is 0 Å². The van der Waals surface area contributed by atoms with Crippen LogP contribution in [-0.4, -0.2) is 50.7 Å². The molecule has 1 aliphatic heterocycles. The first kappa shape index (κ1) is 14.4. The van der Waals surface area contributed by atoms with Crippen LogP contribution in [0.15, 0.2) is 5.38 Å². The second kappa shape index (κ2) is 6.08. The predicted octanol–water partition coefficient (Wildman–Crippen LogP) is 1.69. The van der Waals surface area contributed by atoms with Gasteiger partial charge in [0.1, 0.15) is 17.1 Å². The number of rotatable bonds is 3. The largest absolute Gasteiger partial charge is 0.366 e. The van der Waals surface area contributed by atoms with E-state index >= 15 is 0 Å². The molecule has 0 saturated carbocycles. The van der Waals surface area contributed by atoms with Crippen molar-refractivity contribution in [2.45, 2.75) is 19.4 Å². The third kappa shape index (κ3) is 3.07. The average molecular weight is 328 g/mol. The first-order chi connectivity index (χ1) is 10.2. The molecule has 1 atom stereocenters. The number of ether oxygens (including phenoxy) is 1. The van der Waals surface area contributed by atoms with Gasteiger partial charge < -0.3 is 9.64 Å². The van der Waals surface area contributed by atoms with Crippen LogP contribution in [0.3, 0.4) is 0 Å². The van der Waals surface area contributed by atoms with E-state index in [9.17, 15) is 4.79 Å². The summed E-state index contributed by atoms with van der Waals surface area (Å²) in [4.78, 5) is 22.4. The molecular formula is C12H14ClN5O2S. The third-order valence-corrected chi connectivity index (χ3v) is 4.34. The summed E-state index contributed by atoms with van der Waals surface area (Å²) >= 11 is 7.01. The SMILES string of the molecule is CCc1nc([C@@H]2CN(C(=O)c3nc(Cl)cs3)CCO2)n[nH]1. The van der Waals surface area contributed by atoms with E-state index in [-0.39, 0.29) is 12.0 Å². The van der Waals surface area contributed by atoms with Crippen molar-refractivity contribution >= 4 is 28.8 Å². The fraction of sp³-hybridized carbons (Fsp3) is 0.500. The van der Waals surface area contributed by atoms with Gasteiger partial charge in [-0.1, -0.05) is 18.5 Å². The number of nitrogens with zero attached hydrogens (tertiary/aromatic N) is 4. The van der Waals surface area contributed by atoms with E-state index in [4.69, 9.17) is 16.3 Å². The van der Waals surface area contributed by atoms with Gasteiger partial charge >= 0.3 is 0 Å². The summed E-state index contributed by atoms with van der Waals surface area (Å²) in [6.07, 6.45) is 0.467. The molecule has 0 radical (unpaired) electrons. The van der Waals surface area contributed by atoms with Crippen LogP contribution in [0.25, 0.3) is 0 Å². The number of aromatic nitrogens is 4. The molecule has 1 saturated heterocycles. The molecule has 2 aromatic rings. The van der Waals surface area contributed by atoms with Crippen LogP contribution in [0.4, 0.5) is 0 Å². The second-order valence-corrected chi connectivity index (χ2v) is 5.83. The smallest absolute Gasteiger partial charge is 0.283 e. The minimum absolute atomic E-state index is 0.133. The van der Waals surface area contributed by atoms with Gasteiger partial charge in [0.15, 0.2) is 10.8 Å². The zero-order valence-electron chi connectivity index (χ0n) is 11.4. The average Bonchev–Trinajstić information content (AvgIpc) is 3.15. The van der Waals surface area contributed by atoms with Gasteiger partial charge in [-0.05, 0) is 0 Å². The third-order valence-electron chi connectivity index (χ3n) is 3.18. The molecule has 1 fully saturated rings. The molecule has 0 unspecified atom stereocenters. The van der Waals surface area contributed by atoms with Gasteiger partial charge in [-0.15, -0.1) is 11.3 Å². The number of nitrogens with one attached hydrogen (secondary N) is 1. The van der Waals surface area contributed by atoms with E-state index in [1.54, 1.807) is 10.3 Å². The normalized spacial score (nSPS) is 19.0. The number of H-pyrrole nitrogens is 1. The molecule has 0 aromatic carbocycles. The molecule has 0 bridgehead atoms. The minimum atomic E-state index is -0.310. The topological polar surface area (TPSA) is 84.0 Å². The maximum Gasteiger partial charge on any atom is 0.283 e. The first-order valence-electron chi connectivity index (χ1n) is 6.60. The second-order valence-electron chi connectivity index (χ2n) is 4.58. The molecule has 0 aliphatic carbocycles. The molecule has 1 aliphatic rings. The standard InChI is InChI=1S/C12H14ClN5O2S/c1-2-9-15-10(17-16-9)7-5-18(3-4-20-7)12(19)11-14-8(13)6-21-11/h6-7H,2-5H2,1H3,(H,15,16,17)/t7-/m0/s1. The van der Waals surface area contributed by atoms with E-state index in [0.29, 0.717) is 35.7 Å². The highest BCUT2D eigenvalue weighted by atomic mass is 35.5. The van der Waals surface area contributed by atoms with Crippen LogP contribution in [0, 0.1) is 0 Å². The Labute approximate surface area is 130 Å². The van der Waals surface area contributed by atoms with Gasteiger partial charge in [-0.2, -0.15) is 5.10 Å². The molecule has 2 aromatic heterocycles. The van der Waals surface area contributed by atoms with Crippen LogP contribution in [0.2, 0.25) is 5.15 Å². The van der Waals surface area contributed by atoms with Crippen molar-refractivity contribution in [2.75, 3.05) is 19.7 Å². The van der Waals surface area contributed by atoms with Crippen molar-refractivity contribution in [2.24, 2.45) is 0 Å². The molecule has 9 heteroatoms. The lowest BCUT2D eigenvalue weighted by atomic mass is 10.2. The monoisotopic (exact) mass is 327 g/mol. The van der Waals surface area contributed by atoms with Crippen molar-refractivity contribution in [1.29, 1.82) is 0 Å². The number of halogens is 1. The molecule has 21 heavy (non-hydrogen) atoms. The molecule has 7 nitrogen and oxygen atoms in total. The zero-order valence-corrected chi connectivity index (χ0v) is 12.9. The molecule has 3 heterocycles. The lowest BCUT2D eigenvalue weighted by Gasteiger charge is -2.31. The Morgan fingerprint density at radius 1 is 1.62 bits per heavy atom. The molecule has 112 valence electrons. The van der Waals surface area contributed by atoms with Crippen molar-refractivity contribution in [3.63, 3.8) is 0 Å². The van der Waals surface area contributed by atoms with E-state index in [1.165, 1.54) is 11.3 Å². The van der Waals surface area contributed by atoms with Crippen molar-refractivity contribution in [1.82, 2.24) is 25.1 Å². The van der Waals surface area contributed by atoms with Gasteiger partial charge in [-0.3, -0.25) is 9.89 Å². The van der Waals surface area contributed by atoms with Gasteiger partial charge in [0.25, 0.3) is 5.91 Å². The number of amides is 1. The summed E-state index contributed by atoms with van der Waals surface area (Å²) < 4.78 is 5.66. The first-order valence-corrected chi connectivity index (χ1v) is 7.86. The highest BCUT2D eigenvalue weighted by molar-refractivity contribution is 7.12. The highest BCUT2D eigenvalue weighted by Crippen LogP contribution is 2.22. The zero-order chi connectivity index (χ0) is 14.8. The quantitative estimate of drug-likeness (QED) is 0.927. The summed E-state index contributed by atoms with van der Waals surface area (Å²) in [6, 6.07) is 0. The summed E-state index contributed by atoms with van der Waals surface area (Å²) in [7, 11) is 0. The predicted molar refractivity (Wildman–Crippen MR) is 77.5 cm³/mol. The summed E-state index contributed by atoms with van der Waals surface area (Å²) in [6.45, 7) is 3.38.